The zero-order chi connectivity index (χ0) is 47.4. The molecule has 0 heterocycles. The molecule has 0 bridgehead atoms. The standard InChI is InChI=1S/C47H80O15P2/c1-3-5-7-9-11-13-15-17-19-20-22-24-26-28-30-32-34-36-47(52)58-38-44(49)40-60-64(55,56)62-42-45(50)41-61-63(53,54)59-39-43(48)37-57-46(51)35-33-31-29-27-25-23-21-18-16-14-12-10-8-6-4-2/h5,7,11-14,16-19,22,24,28,30,43-45,48-50H,3-4,6,8-10,15,20-21,23,25-27,29,31-42H2,1-2H3,(H,53,54)(H,55,56)/b7-5-,13-11-,14-12+,18-16+,19-17-,24-22-,30-28-. The molecule has 0 amide bonds. The smallest absolute Gasteiger partial charge is 0.463 e. The van der Waals surface area contributed by atoms with Gasteiger partial charge in [0.2, 0.25) is 0 Å². The van der Waals surface area contributed by atoms with E-state index in [1.165, 1.54) is 19.3 Å². The van der Waals surface area contributed by atoms with Crippen molar-refractivity contribution in [1.29, 1.82) is 0 Å². The van der Waals surface area contributed by atoms with Crippen LogP contribution in [0.15, 0.2) is 85.1 Å². The molecule has 5 unspecified atom stereocenters. The third-order valence-electron chi connectivity index (χ3n) is 8.86. The number of esters is 2. The Hall–Kier alpha value is -2.78. The van der Waals surface area contributed by atoms with Gasteiger partial charge in [-0.05, 0) is 77.0 Å². The number of phosphoric ester groups is 2. The molecule has 0 aromatic rings. The van der Waals surface area contributed by atoms with Crippen molar-refractivity contribution in [2.24, 2.45) is 0 Å². The zero-order valence-electron chi connectivity index (χ0n) is 38.4. The Morgan fingerprint density at radius 3 is 1.22 bits per heavy atom. The molecular formula is C47H80O15P2. The van der Waals surface area contributed by atoms with Crippen LogP contribution < -0.4 is 0 Å². The number of carbonyl (C=O) groups excluding carboxylic acids is 2. The van der Waals surface area contributed by atoms with E-state index in [4.69, 9.17) is 9.47 Å². The number of allylic oxidation sites excluding steroid dienone is 14. The minimum atomic E-state index is -4.80. The van der Waals surface area contributed by atoms with E-state index in [2.05, 4.69) is 105 Å². The second kappa shape index (κ2) is 42.8. The molecule has 0 aliphatic rings. The maximum atomic E-state index is 12.1. The van der Waals surface area contributed by atoms with Crippen LogP contribution in [0.2, 0.25) is 0 Å². The largest absolute Gasteiger partial charge is 0.472 e. The predicted octanol–water partition coefficient (Wildman–Crippen LogP) is 10.2. The summed E-state index contributed by atoms with van der Waals surface area (Å²) in [6, 6.07) is 0. The van der Waals surface area contributed by atoms with Gasteiger partial charge in [-0.1, -0.05) is 137 Å². The van der Waals surface area contributed by atoms with Crippen molar-refractivity contribution in [3.05, 3.63) is 85.1 Å². The van der Waals surface area contributed by atoms with Crippen LogP contribution in [-0.2, 0) is 46.3 Å². The van der Waals surface area contributed by atoms with Gasteiger partial charge in [-0.15, -0.1) is 0 Å². The van der Waals surface area contributed by atoms with Crippen LogP contribution in [0.3, 0.4) is 0 Å². The van der Waals surface area contributed by atoms with Crippen LogP contribution in [0.1, 0.15) is 142 Å². The van der Waals surface area contributed by atoms with Crippen molar-refractivity contribution in [2.75, 3.05) is 39.6 Å². The Balaban J connectivity index is 3.99. The second-order valence-corrected chi connectivity index (χ2v) is 18.0. The normalized spacial score (nSPS) is 15.9. The molecule has 0 aliphatic carbocycles. The first-order valence-electron chi connectivity index (χ1n) is 23.0. The lowest BCUT2D eigenvalue weighted by molar-refractivity contribution is -0.148. The van der Waals surface area contributed by atoms with E-state index in [-0.39, 0.29) is 12.8 Å². The van der Waals surface area contributed by atoms with Gasteiger partial charge >= 0.3 is 27.6 Å². The fourth-order valence-electron chi connectivity index (χ4n) is 5.30. The Bertz CT molecular complexity index is 1470. The van der Waals surface area contributed by atoms with Gasteiger partial charge in [0, 0.05) is 12.8 Å². The van der Waals surface area contributed by atoms with Gasteiger partial charge in [-0.2, -0.15) is 0 Å². The highest BCUT2D eigenvalue weighted by Gasteiger charge is 2.28. The lowest BCUT2D eigenvalue weighted by atomic mass is 10.1. The van der Waals surface area contributed by atoms with E-state index in [1.807, 2.05) is 12.2 Å². The van der Waals surface area contributed by atoms with Crippen molar-refractivity contribution >= 4 is 27.6 Å². The van der Waals surface area contributed by atoms with Gasteiger partial charge in [0.05, 0.1) is 26.4 Å². The van der Waals surface area contributed by atoms with Crippen LogP contribution in [0.5, 0.6) is 0 Å². The first kappa shape index (κ1) is 61.2. The molecule has 15 nitrogen and oxygen atoms in total. The SMILES string of the molecule is CC/C=C\C/C=C\C/C=C\C/C=C\C/C=C\CCCC(=O)OCC(O)COP(=O)(O)OCC(O)COP(=O)(O)OCC(O)COC(=O)CCCCCCCC/C=C/C=C/CCCCC. The van der Waals surface area contributed by atoms with Crippen LogP contribution in [-0.4, -0.2) is 95.0 Å². The Morgan fingerprint density at radius 2 is 0.781 bits per heavy atom. The summed E-state index contributed by atoms with van der Waals surface area (Å²) < 4.78 is 52.9. The average Bonchev–Trinajstić information content (AvgIpc) is 3.27. The number of carbonyl (C=O) groups is 2. The molecule has 0 aromatic heterocycles. The molecule has 0 aliphatic heterocycles. The van der Waals surface area contributed by atoms with E-state index in [1.54, 1.807) is 0 Å². The summed E-state index contributed by atoms with van der Waals surface area (Å²) in [6.07, 6.45) is 42.9. The van der Waals surface area contributed by atoms with E-state index < -0.39 is 85.5 Å². The molecule has 0 saturated carbocycles. The van der Waals surface area contributed by atoms with Crippen molar-refractivity contribution in [2.45, 2.75) is 161 Å². The summed E-state index contributed by atoms with van der Waals surface area (Å²) in [6.45, 7) is 0.163. The van der Waals surface area contributed by atoms with Crippen LogP contribution in [0.4, 0.5) is 0 Å². The van der Waals surface area contributed by atoms with E-state index in [9.17, 15) is 43.8 Å². The number of unbranched alkanes of at least 4 members (excludes halogenated alkanes) is 10. The van der Waals surface area contributed by atoms with Crippen LogP contribution in [0, 0.1) is 0 Å². The van der Waals surface area contributed by atoms with Crippen molar-refractivity contribution in [1.82, 2.24) is 0 Å². The number of ether oxygens (including phenoxy) is 2. The van der Waals surface area contributed by atoms with E-state index >= 15 is 0 Å². The zero-order valence-corrected chi connectivity index (χ0v) is 40.2. The van der Waals surface area contributed by atoms with Gasteiger partial charge in [0.25, 0.3) is 0 Å². The summed E-state index contributed by atoms with van der Waals surface area (Å²) in [7, 11) is -9.60. The molecule has 0 aromatic carbocycles. The highest BCUT2D eigenvalue weighted by molar-refractivity contribution is 7.47. The fraction of sp³-hybridized carbons (Fsp3) is 0.660. The summed E-state index contributed by atoms with van der Waals surface area (Å²) in [4.78, 5) is 43.7. The number of phosphoric acid groups is 2. The quantitative estimate of drug-likeness (QED) is 0.0126. The molecule has 0 fully saturated rings. The first-order valence-corrected chi connectivity index (χ1v) is 25.9. The van der Waals surface area contributed by atoms with Crippen LogP contribution >= 0.6 is 15.6 Å². The molecule has 0 rings (SSSR count). The number of hydrogen-bond acceptors (Lipinski definition) is 13. The summed E-state index contributed by atoms with van der Waals surface area (Å²) in [5, 5.41) is 30.0. The molecule has 0 spiro atoms. The maximum Gasteiger partial charge on any atom is 0.472 e. The fourth-order valence-corrected chi connectivity index (χ4v) is 6.89. The van der Waals surface area contributed by atoms with Gasteiger partial charge in [-0.25, -0.2) is 9.13 Å². The minimum Gasteiger partial charge on any atom is -0.463 e. The van der Waals surface area contributed by atoms with Crippen molar-refractivity contribution in [3.8, 4) is 0 Å². The second-order valence-electron chi connectivity index (χ2n) is 15.1. The first-order chi connectivity index (χ1) is 30.8. The lowest BCUT2D eigenvalue weighted by Gasteiger charge is -2.19. The Kier molecular flexibility index (Phi) is 41.0. The number of hydrogen-bond donors (Lipinski definition) is 5. The molecule has 64 heavy (non-hydrogen) atoms. The topological polar surface area (TPSA) is 225 Å². The minimum absolute atomic E-state index is 0.114. The molecule has 17 heteroatoms. The Morgan fingerprint density at radius 1 is 0.438 bits per heavy atom. The van der Waals surface area contributed by atoms with E-state index in [0.717, 1.165) is 77.0 Å². The molecule has 0 saturated heterocycles. The number of aliphatic hydroxyl groups is 3. The highest BCUT2D eigenvalue weighted by Crippen LogP contribution is 2.45. The average molecular weight is 947 g/mol. The predicted molar refractivity (Wildman–Crippen MR) is 251 cm³/mol. The van der Waals surface area contributed by atoms with Gasteiger partial charge in [0.1, 0.15) is 31.5 Å². The maximum absolute atomic E-state index is 12.1. The third-order valence-corrected chi connectivity index (χ3v) is 10.8. The lowest BCUT2D eigenvalue weighted by Crippen LogP contribution is -2.25. The van der Waals surface area contributed by atoms with Gasteiger partial charge < -0.3 is 34.6 Å². The van der Waals surface area contributed by atoms with Crippen molar-refractivity contribution in [3.63, 3.8) is 0 Å². The molecule has 5 atom stereocenters. The number of aliphatic hydroxyl groups excluding tert-OH is 3. The van der Waals surface area contributed by atoms with Gasteiger partial charge in [0.15, 0.2) is 0 Å². The monoisotopic (exact) mass is 946 g/mol. The molecule has 0 radical (unpaired) electrons. The molecular weight excluding hydrogens is 866 g/mol. The van der Waals surface area contributed by atoms with Crippen LogP contribution in [0.25, 0.3) is 0 Å². The molecule has 368 valence electrons. The highest BCUT2D eigenvalue weighted by atomic mass is 31.2. The van der Waals surface area contributed by atoms with E-state index in [0.29, 0.717) is 19.3 Å². The third kappa shape index (κ3) is 44.4. The Labute approximate surface area is 383 Å². The summed E-state index contributed by atoms with van der Waals surface area (Å²) in [5.74, 6) is -1.07. The molecule has 5 N–H and O–H groups in total. The summed E-state index contributed by atoms with van der Waals surface area (Å²) >= 11 is 0. The van der Waals surface area contributed by atoms with Gasteiger partial charge in [-0.3, -0.25) is 27.7 Å². The number of rotatable bonds is 43. The summed E-state index contributed by atoms with van der Waals surface area (Å²) in [5.41, 5.74) is 0. The van der Waals surface area contributed by atoms with Crippen molar-refractivity contribution < 1.29 is 71.4 Å².